The summed E-state index contributed by atoms with van der Waals surface area (Å²) in [4.78, 5) is 2.13. The van der Waals surface area contributed by atoms with E-state index in [9.17, 15) is 13.5 Å². The van der Waals surface area contributed by atoms with Crippen LogP contribution in [-0.2, 0) is 21.3 Å². The van der Waals surface area contributed by atoms with Crippen molar-refractivity contribution in [3.8, 4) is 5.75 Å². The normalized spacial score (nSPS) is 30.0. The summed E-state index contributed by atoms with van der Waals surface area (Å²) in [5, 5.41) is 9.85. The lowest BCUT2D eigenvalue weighted by atomic mass is 10.2. The van der Waals surface area contributed by atoms with Crippen molar-refractivity contribution in [3.05, 3.63) is 29.8 Å². The Morgan fingerprint density at radius 1 is 1.33 bits per heavy atom. The highest BCUT2D eigenvalue weighted by Crippen LogP contribution is 2.26. The summed E-state index contributed by atoms with van der Waals surface area (Å²) >= 11 is 0. The summed E-state index contributed by atoms with van der Waals surface area (Å²) in [6, 6.07) is 7.07. The van der Waals surface area contributed by atoms with E-state index in [4.69, 9.17) is 4.74 Å². The van der Waals surface area contributed by atoms with E-state index in [-0.39, 0.29) is 30.3 Å². The number of ether oxygens (including phenoxy) is 1. The Labute approximate surface area is 125 Å². The van der Waals surface area contributed by atoms with Gasteiger partial charge in [0, 0.05) is 32.2 Å². The molecule has 0 radical (unpaired) electrons. The van der Waals surface area contributed by atoms with Gasteiger partial charge in [-0.1, -0.05) is 18.2 Å². The Hall–Kier alpha value is -1.15. The number of sulfonamides is 1. The molecule has 1 aromatic carbocycles. The van der Waals surface area contributed by atoms with Gasteiger partial charge in [0.2, 0.25) is 10.0 Å². The molecule has 2 fully saturated rings. The average Bonchev–Trinajstić information content (AvgIpc) is 2.79. The molecule has 0 aliphatic carbocycles. The standard InChI is InChI=1S/C14H20N2O4S/c1-15-12-9-16(8-11-4-2-3-5-13(11)17)10-14(12)20-6-7-21(15,18)19/h2-5,12,14,17H,6-10H2,1H3/t12-,14+/m1/s1. The largest absolute Gasteiger partial charge is 0.508 e. The Balaban J connectivity index is 1.74. The van der Waals surface area contributed by atoms with E-state index in [0.717, 1.165) is 5.56 Å². The monoisotopic (exact) mass is 312 g/mol. The number of benzene rings is 1. The minimum atomic E-state index is -3.22. The Morgan fingerprint density at radius 2 is 2.10 bits per heavy atom. The third-order valence-corrected chi connectivity index (χ3v) is 6.11. The van der Waals surface area contributed by atoms with E-state index in [2.05, 4.69) is 4.90 Å². The molecule has 0 unspecified atom stereocenters. The van der Waals surface area contributed by atoms with Crippen molar-refractivity contribution >= 4 is 10.0 Å². The smallest absolute Gasteiger partial charge is 0.216 e. The molecule has 1 aromatic rings. The molecule has 0 saturated carbocycles. The minimum absolute atomic E-state index is 0.0516. The van der Waals surface area contributed by atoms with Crippen LogP contribution in [0.25, 0.3) is 0 Å². The first kappa shape index (κ1) is 14.8. The average molecular weight is 312 g/mol. The predicted molar refractivity (Wildman–Crippen MR) is 78.5 cm³/mol. The number of rotatable bonds is 2. The maximum atomic E-state index is 12.1. The van der Waals surface area contributed by atoms with Gasteiger partial charge < -0.3 is 9.84 Å². The number of likely N-dealkylation sites (tertiary alicyclic amines) is 1. The number of fused-ring (bicyclic) bond motifs is 1. The molecule has 2 saturated heterocycles. The third-order valence-electron chi connectivity index (χ3n) is 4.28. The van der Waals surface area contributed by atoms with Crippen LogP contribution in [0.1, 0.15) is 5.56 Å². The molecular weight excluding hydrogens is 292 g/mol. The van der Waals surface area contributed by atoms with Crippen LogP contribution < -0.4 is 0 Å². The first-order chi connectivity index (χ1) is 9.97. The summed E-state index contributed by atoms with van der Waals surface area (Å²) in [5.41, 5.74) is 0.847. The molecule has 1 N–H and O–H groups in total. The number of likely N-dealkylation sites (N-methyl/N-ethyl adjacent to an activating group) is 1. The SMILES string of the molecule is CN1[C@@H]2CN(Cc3ccccc3O)C[C@@H]2OCCS1(=O)=O. The number of nitrogens with zero attached hydrogens (tertiary/aromatic N) is 2. The molecule has 21 heavy (non-hydrogen) atoms. The molecule has 6 nitrogen and oxygen atoms in total. The molecule has 116 valence electrons. The second-order valence-electron chi connectivity index (χ2n) is 5.63. The van der Waals surface area contributed by atoms with Crippen molar-refractivity contribution in [2.75, 3.05) is 32.5 Å². The quantitative estimate of drug-likeness (QED) is 0.847. The van der Waals surface area contributed by atoms with Gasteiger partial charge in [0.15, 0.2) is 0 Å². The van der Waals surface area contributed by atoms with Gasteiger partial charge in [-0.15, -0.1) is 0 Å². The summed E-state index contributed by atoms with van der Waals surface area (Å²) in [6.07, 6.45) is -0.0990. The molecule has 0 aromatic heterocycles. The Bertz CT molecular complexity index is 619. The van der Waals surface area contributed by atoms with Gasteiger partial charge in [-0.25, -0.2) is 8.42 Å². The summed E-state index contributed by atoms with van der Waals surface area (Å²) in [5.74, 6) is 0.321. The van der Waals surface area contributed by atoms with Gasteiger partial charge in [0.05, 0.1) is 24.5 Å². The van der Waals surface area contributed by atoms with Crippen molar-refractivity contribution in [2.45, 2.75) is 18.7 Å². The maximum Gasteiger partial charge on any atom is 0.216 e. The van der Waals surface area contributed by atoms with Crippen molar-refractivity contribution in [1.29, 1.82) is 0 Å². The van der Waals surface area contributed by atoms with E-state index >= 15 is 0 Å². The van der Waals surface area contributed by atoms with Crippen LogP contribution >= 0.6 is 0 Å². The van der Waals surface area contributed by atoms with Gasteiger partial charge in [-0.2, -0.15) is 4.31 Å². The van der Waals surface area contributed by atoms with E-state index in [0.29, 0.717) is 19.6 Å². The van der Waals surface area contributed by atoms with E-state index in [1.807, 2.05) is 12.1 Å². The molecule has 2 heterocycles. The summed E-state index contributed by atoms with van der Waals surface area (Å²) in [7, 11) is -1.59. The number of aromatic hydroxyl groups is 1. The lowest BCUT2D eigenvalue weighted by molar-refractivity contribution is 0.0500. The van der Waals surface area contributed by atoms with E-state index in [1.54, 1.807) is 19.2 Å². The lowest BCUT2D eigenvalue weighted by Crippen LogP contribution is -2.43. The second-order valence-corrected chi connectivity index (χ2v) is 7.78. The molecule has 0 amide bonds. The van der Waals surface area contributed by atoms with Crippen molar-refractivity contribution in [1.82, 2.24) is 9.21 Å². The van der Waals surface area contributed by atoms with Crippen LogP contribution in [0.3, 0.4) is 0 Å². The van der Waals surface area contributed by atoms with Crippen LogP contribution in [0.4, 0.5) is 0 Å². The zero-order valence-corrected chi connectivity index (χ0v) is 12.8. The van der Waals surface area contributed by atoms with Gasteiger partial charge in [0.25, 0.3) is 0 Å². The third kappa shape index (κ3) is 2.91. The Kier molecular flexibility index (Phi) is 3.92. The minimum Gasteiger partial charge on any atom is -0.508 e. The van der Waals surface area contributed by atoms with Gasteiger partial charge in [-0.05, 0) is 6.07 Å². The van der Waals surface area contributed by atoms with Crippen molar-refractivity contribution in [2.24, 2.45) is 0 Å². The number of hydrogen-bond acceptors (Lipinski definition) is 5. The molecule has 0 spiro atoms. The first-order valence-electron chi connectivity index (χ1n) is 7.04. The fourth-order valence-electron chi connectivity index (χ4n) is 3.02. The zero-order valence-electron chi connectivity index (χ0n) is 12.0. The van der Waals surface area contributed by atoms with Crippen LogP contribution in [0.15, 0.2) is 24.3 Å². The van der Waals surface area contributed by atoms with Crippen molar-refractivity contribution < 1.29 is 18.3 Å². The van der Waals surface area contributed by atoms with Crippen LogP contribution in [0.2, 0.25) is 0 Å². The highest BCUT2D eigenvalue weighted by molar-refractivity contribution is 7.89. The van der Waals surface area contributed by atoms with Gasteiger partial charge in [-0.3, -0.25) is 4.90 Å². The number of hydrogen-bond donors (Lipinski definition) is 1. The zero-order chi connectivity index (χ0) is 15.0. The maximum absolute atomic E-state index is 12.1. The highest BCUT2D eigenvalue weighted by Gasteiger charge is 2.42. The van der Waals surface area contributed by atoms with Crippen LogP contribution in [0.5, 0.6) is 5.75 Å². The van der Waals surface area contributed by atoms with Gasteiger partial charge in [0.1, 0.15) is 5.75 Å². The van der Waals surface area contributed by atoms with Crippen LogP contribution in [0, 0.1) is 0 Å². The second kappa shape index (κ2) is 5.57. The molecule has 2 atom stereocenters. The summed E-state index contributed by atoms with van der Waals surface area (Å²) in [6.45, 7) is 2.14. The predicted octanol–water partition coefficient (Wildman–Crippen LogP) is 0.237. The highest BCUT2D eigenvalue weighted by atomic mass is 32.2. The van der Waals surface area contributed by atoms with Gasteiger partial charge >= 0.3 is 0 Å². The fraction of sp³-hybridized carbons (Fsp3) is 0.571. The lowest BCUT2D eigenvalue weighted by Gasteiger charge is -2.24. The molecule has 0 bridgehead atoms. The molecule has 2 aliphatic heterocycles. The number of para-hydroxylation sites is 1. The molecule has 3 rings (SSSR count). The number of phenolic OH excluding ortho intramolecular Hbond substituents is 1. The molecule has 7 heteroatoms. The topological polar surface area (TPSA) is 70.1 Å². The molecule has 2 aliphatic rings. The van der Waals surface area contributed by atoms with E-state index in [1.165, 1.54) is 4.31 Å². The number of phenols is 1. The molecular formula is C14H20N2O4S. The van der Waals surface area contributed by atoms with Crippen LogP contribution in [-0.4, -0.2) is 67.4 Å². The van der Waals surface area contributed by atoms with Crippen molar-refractivity contribution in [3.63, 3.8) is 0 Å². The van der Waals surface area contributed by atoms with E-state index < -0.39 is 10.0 Å². The first-order valence-corrected chi connectivity index (χ1v) is 8.65. The fourth-order valence-corrected chi connectivity index (χ4v) is 4.23. The summed E-state index contributed by atoms with van der Waals surface area (Å²) < 4.78 is 31.3. The Morgan fingerprint density at radius 3 is 2.86 bits per heavy atom.